The summed E-state index contributed by atoms with van der Waals surface area (Å²) in [6, 6.07) is 10.7. The van der Waals surface area contributed by atoms with E-state index in [1.54, 1.807) is 25.2 Å². The number of aryl methyl sites for hydroxylation is 1. The third-order valence-electron chi connectivity index (χ3n) is 3.55. The normalized spacial score (nSPS) is 10.3. The number of aromatic nitrogens is 4. The standard InChI is InChI=1S/C16H10BrN7O3S/c1-23-16(20-21-22-23)28-14-5-3-11(24(26)27)7-12(14)15(25)19-13-4-2-10(17)6-9(13)8-18/h2-7H,1H3,(H,19,25). The van der Waals surface area contributed by atoms with Gasteiger partial charge in [0.05, 0.1) is 21.7 Å². The summed E-state index contributed by atoms with van der Waals surface area (Å²) in [6.07, 6.45) is 0. The number of amides is 1. The Hall–Kier alpha value is -3.30. The largest absolute Gasteiger partial charge is 0.321 e. The molecule has 1 aromatic heterocycles. The van der Waals surface area contributed by atoms with Gasteiger partial charge in [0, 0.05) is 28.5 Å². The van der Waals surface area contributed by atoms with E-state index in [0.717, 1.165) is 11.8 Å². The van der Waals surface area contributed by atoms with Gasteiger partial charge < -0.3 is 5.32 Å². The minimum Gasteiger partial charge on any atom is -0.321 e. The average Bonchev–Trinajstić information content (AvgIpc) is 3.07. The van der Waals surface area contributed by atoms with Crippen LogP contribution in [0.25, 0.3) is 0 Å². The number of anilines is 1. The molecule has 0 aliphatic rings. The lowest BCUT2D eigenvalue weighted by Crippen LogP contribution is -2.14. The van der Waals surface area contributed by atoms with E-state index in [0.29, 0.717) is 20.2 Å². The quantitative estimate of drug-likeness (QED) is 0.452. The summed E-state index contributed by atoms with van der Waals surface area (Å²) in [7, 11) is 1.63. The van der Waals surface area contributed by atoms with Gasteiger partial charge >= 0.3 is 0 Å². The summed E-state index contributed by atoms with van der Waals surface area (Å²) in [5.74, 6) is -0.597. The second-order valence-electron chi connectivity index (χ2n) is 5.38. The number of nitro groups is 1. The zero-order valence-corrected chi connectivity index (χ0v) is 16.6. The number of carbonyl (C=O) groups excluding carboxylic acids is 1. The fourth-order valence-electron chi connectivity index (χ4n) is 2.21. The van der Waals surface area contributed by atoms with Crippen LogP contribution in [0.1, 0.15) is 15.9 Å². The molecule has 0 saturated heterocycles. The number of non-ortho nitro benzene ring substituents is 1. The molecule has 3 rings (SSSR count). The van der Waals surface area contributed by atoms with Crippen molar-refractivity contribution in [2.75, 3.05) is 5.32 Å². The Balaban J connectivity index is 1.99. The molecule has 12 heteroatoms. The van der Waals surface area contributed by atoms with Gasteiger partial charge in [0.2, 0.25) is 5.16 Å². The van der Waals surface area contributed by atoms with Crippen molar-refractivity contribution in [1.82, 2.24) is 20.2 Å². The van der Waals surface area contributed by atoms with Crippen LogP contribution < -0.4 is 5.32 Å². The number of nitriles is 1. The van der Waals surface area contributed by atoms with Gasteiger partial charge in [0.15, 0.2) is 0 Å². The maximum Gasteiger partial charge on any atom is 0.270 e. The van der Waals surface area contributed by atoms with Crippen LogP contribution in [-0.4, -0.2) is 31.0 Å². The van der Waals surface area contributed by atoms with Gasteiger partial charge in [-0.1, -0.05) is 15.9 Å². The summed E-state index contributed by atoms with van der Waals surface area (Å²) in [5.41, 5.74) is 0.370. The van der Waals surface area contributed by atoms with E-state index < -0.39 is 10.8 Å². The minimum atomic E-state index is -0.597. The predicted octanol–water partition coefficient (Wildman–Crippen LogP) is 3.16. The number of tetrazole rings is 1. The third-order valence-corrected chi connectivity index (χ3v) is 5.15. The first-order chi connectivity index (χ1) is 13.4. The molecule has 0 saturated carbocycles. The molecule has 1 N–H and O–H groups in total. The molecule has 0 fully saturated rings. The van der Waals surface area contributed by atoms with Crippen molar-refractivity contribution >= 4 is 45.0 Å². The first-order valence-corrected chi connectivity index (χ1v) is 9.19. The first kappa shape index (κ1) is 19.5. The molecule has 2 aromatic carbocycles. The summed E-state index contributed by atoms with van der Waals surface area (Å²) in [4.78, 5) is 23.8. The van der Waals surface area contributed by atoms with E-state index in [4.69, 9.17) is 0 Å². The molecule has 10 nitrogen and oxygen atoms in total. The zero-order valence-electron chi connectivity index (χ0n) is 14.2. The van der Waals surface area contributed by atoms with Gasteiger partial charge in [0.25, 0.3) is 11.6 Å². The van der Waals surface area contributed by atoms with Crippen LogP contribution >= 0.6 is 27.7 Å². The highest BCUT2D eigenvalue weighted by atomic mass is 79.9. The van der Waals surface area contributed by atoms with Gasteiger partial charge in [-0.2, -0.15) is 5.26 Å². The van der Waals surface area contributed by atoms with Gasteiger partial charge in [-0.05, 0) is 46.5 Å². The van der Waals surface area contributed by atoms with Crippen LogP contribution in [0, 0.1) is 21.4 Å². The van der Waals surface area contributed by atoms with Crippen molar-refractivity contribution in [2.45, 2.75) is 10.1 Å². The van der Waals surface area contributed by atoms with Gasteiger partial charge in [-0.25, -0.2) is 4.68 Å². The topological polar surface area (TPSA) is 140 Å². The predicted molar refractivity (Wildman–Crippen MR) is 103 cm³/mol. The average molecular weight is 460 g/mol. The Kier molecular flexibility index (Phi) is 5.67. The molecular formula is C16H10BrN7O3S. The molecule has 0 unspecified atom stereocenters. The van der Waals surface area contributed by atoms with Crippen molar-refractivity contribution in [1.29, 1.82) is 5.26 Å². The fourth-order valence-corrected chi connectivity index (χ4v) is 3.41. The number of nitrogens with zero attached hydrogens (tertiary/aromatic N) is 6. The summed E-state index contributed by atoms with van der Waals surface area (Å²) < 4.78 is 2.10. The molecule has 3 aromatic rings. The fraction of sp³-hybridized carbons (Fsp3) is 0.0625. The van der Waals surface area contributed by atoms with Crippen molar-refractivity contribution in [3.05, 3.63) is 62.1 Å². The van der Waals surface area contributed by atoms with Crippen LogP contribution in [-0.2, 0) is 7.05 Å². The lowest BCUT2D eigenvalue weighted by molar-refractivity contribution is -0.384. The molecule has 0 spiro atoms. The number of nitrogens with one attached hydrogen (secondary N) is 1. The van der Waals surface area contributed by atoms with Crippen LogP contribution in [0.15, 0.2) is 50.9 Å². The molecule has 1 heterocycles. The molecule has 0 bridgehead atoms. The number of hydrogen-bond acceptors (Lipinski definition) is 8. The molecule has 140 valence electrons. The van der Waals surface area contributed by atoms with Crippen molar-refractivity contribution in [2.24, 2.45) is 7.05 Å². The van der Waals surface area contributed by atoms with Gasteiger partial charge in [-0.3, -0.25) is 14.9 Å². The first-order valence-electron chi connectivity index (χ1n) is 7.58. The maximum atomic E-state index is 12.8. The smallest absolute Gasteiger partial charge is 0.270 e. The number of nitro benzene ring substituents is 1. The van der Waals surface area contributed by atoms with Crippen LogP contribution in [0.5, 0.6) is 0 Å². The molecular weight excluding hydrogens is 450 g/mol. The molecule has 1 amide bonds. The summed E-state index contributed by atoms with van der Waals surface area (Å²) in [5, 5.41) is 34.5. The number of halogens is 1. The second-order valence-corrected chi connectivity index (χ2v) is 7.31. The molecule has 0 aliphatic carbocycles. The third kappa shape index (κ3) is 4.16. The highest BCUT2D eigenvalue weighted by Crippen LogP contribution is 2.32. The van der Waals surface area contributed by atoms with Gasteiger partial charge in [-0.15, -0.1) is 5.10 Å². The molecule has 28 heavy (non-hydrogen) atoms. The molecule has 0 aliphatic heterocycles. The van der Waals surface area contributed by atoms with E-state index >= 15 is 0 Å². The Morgan fingerprint density at radius 3 is 2.79 bits per heavy atom. The van der Waals surface area contributed by atoms with E-state index in [1.165, 1.54) is 22.9 Å². The Morgan fingerprint density at radius 1 is 1.36 bits per heavy atom. The Bertz CT molecular complexity index is 1130. The van der Waals surface area contributed by atoms with Crippen molar-refractivity contribution in [3.63, 3.8) is 0 Å². The lowest BCUT2D eigenvalue weighted by Gasteiger charge is -2.11. The van der Waals surface area contributed by atoms with Crippen LogP contribution in [0.2, 0.25) is 0 Å². The van der Waals surface area contributed by atoms with Crippen molar-refractivity contribution in [3.8, 4) is 6.07 Å². The van der Waals surface area contributed by atoms with E-state index in [1.807, 2.05) is 6.07 Å². The lowest BCUT2D eigenvalue weighted by atomic mass is 10.1. The number of carbonyl (C=O) groups is 1. The Labute approximate surface area is 170 Å². The van der Waals surface area contributed by atoms with Crippen LogP contribution in [0.3, 0.4) is 0 Å². The zero-order chi connectivity index (χ0) is 20.3. The van der Waals surface area contributed by atoms with E-state index in [2.05, 4.69) is 36.8 Å². The van der Waals surface area contributed by atoms with Crippen molar-refractivity contribution < 1.29 is 9.72 Å². The molecule has 0 radical (unpaired) electrons. The number of benzene rings is 2. The van der Waals surface area contributed by atoms with Gasteiger partial charge in [0.1, 0.15) is 6.07 Å². The monoisotopic (exact) mass is 459 g/mol. The molecule has 0 atom stereocenters. The highest BCUT2D eigenvalue weighted by molar-refractivity contribution is 9.10. The number of rotatable bonds is 5. The SMILES string of the molecule is Cn1nnnc1Sc1ccc([N+](=O)[O-])cc1C(=O)Nc1ccc(Br)cc1C#N. The van der Waals surface area contributed by atoms with E-state index in [-0.39, 0.29) is 16.8 Å². The summed E-state index contributed by atoms with van der Waals surface area (Å²) in [6.45, 7) is 0. The second kappa shape index (κ2) is 8.15. The van der Waals surface area contributed by atoms with Crippen LogP contribution in [0.4, 0.5) is 11.4 Å². The maximum absolute atomic E-state index is 12.8. The summed E-state index contributed by atoms with van der Waals surface area (Å²) >= 11 is 4.35. The Morgan fingerprint density at radius 2 is 2.14 bits per heavy atom. The van der Waals surface area contributed by atoms with E-state index in [9.17, 15) is 20.2 Å². The minimum absolute atomic E-state index is 0.0639. The highest BCUT2D eigenvalue weighted by Gasteiger charge is 2.20. The number of hydrogen-bond donors (Lipinski definition) is 1.